The molecule has 5 rings (SSSR count). The highest BCUT2D eigenvalue weighted by Gasteiger charge is 2.76. The van der Waals surface area contributed by atoms with E-state index in [1.807, 2.05) is 6.08 Å². The van der Waals surface area contributed by atoms with Gasteiger partial charge in [0.1, 0.15) is 17.5 Å². The highest BCUT2D eigenvalue weighted by molar-refractivity contribution is 5.89. The average molecular weight is 328 g/mol. The molecular weight excluding hydrogens is 300 g/mol. The van der Waals surface area contributed by atoms with Gasteiger partial charge in [-0.25, -0.2) is 0 Å². The van der Waals surface area contributed by atoms with E-state index in [1.54, 1.807) is 0 Å². The third-order valence-corrected chi connectivity index (χ3v) is 9.02. The van der Waals surface area contributed by atoms with Gasteiger partial charge in [-0.05, 0) is 55.8 Å². The van der Waals surface area contributed by atoms with E-state index in [1.165, 1.54) is 0 Å². The number of Topliss-reactive ketones (excluding diaryl/α,β-unsaturated/α-hetero) is 2. The molecule has 130 valence electrons. The van der Waals surface area contributed by atoms with Crippen LogP contribution < -0.4 is 0 Å². The zero-order chi connectivity index (χ0) is 16.9. The van der Waals surface area contributed by atoms with Crippen molar-refractivity contribution in [2.45, 2.75) is 70.5 Å². The van der Waals surface area contributed by atoms with Crippen LogP contribution in [0.15, 0.2) is 12.7 Å². The molecule has 5 fully saturated rings. The molecule has 1 spiro atoms. The lowest BCUT2D eigenvalue weighted by Gasteiger charge is -2.58. The molecule has 3 heteroatoms. The molecule has 4 aliphatic carbocycles. The number of ketones is 2. The summed E-state index contributed by atoms with van der Waals surface area (Å²) >= 11 is 0. The van der Waals surface area contributed by atoms with E-state index in [-0.39, 0.29) is 22.5 Å². The van der Waals surface area contributed by atoms with Gasteiger partial charge in [0.15, 0.2) is 5.78 Å². The van der Waals surface area contributed by atoms with E-state index in [0.29, 0.717) is 48.1 Å². The Morgan fingerprint density at radius 3 is 2.71 bits per heavy atom. The predicted molar refractivity (Wildman–Crippen MR) is 90.3 cm³/mol. The van der Waals surface area contributed by atoms with Gasteiger partial charge in [-0.3, -0.25) is 9.59 Å². The molecule has 0 N–H and O–H groups in total. The molecule has 0 aromatic heterocycles. The van der Waals surface area contributed by atoms with Crippen molar-refractivity contribution in [1.82, 2.24) is 0 Å². The Kier molecular flexibility index (Phi) is 2.81. The molecule has 3 nitrogen and oxygen atoms in total. The van der Waals surface area contributed by atoms with E-state index in [4.69, 9.17) is 4.74 Å². The molecule has 1 saturated heterocycles. The summed E-state index contributed by atoms with van der Waals surface area (Å²) in [5, 5.41) is 0. The van der Waals surface area contributed by atoms with Crippen molar-refractivity contribution >= 4 is 11.6 Å². The summed E-state index contributed by atoms with van der Waals surface area (Å²) in [5.74, 6) is 2.76. The third kappa shape index (κ3) is 1.50. The van der Waals surface area contributed by atoms with Crippen LogP contribution >= 0.6 is 0 Å². The Balaban J connectivity index is 1.54. The van der Waals surface area contributed by atoms with Crippen molar-refractivity contribution in [3.8, 4) is 0 Å². The van der Waals surface area contributed by atoms with Crippen molar-refractivity contribution in [2.24, 2.45) is 34.5 Å². The van der Waals surface area contributed by atoms with Gasteiger partial charge in [0.25, 0.3) is 0 Å². The Morgan fingerprint density at radius 1 is 1.17 bits per heavy atom. The van der Waals surface area contributed by atoms with Crippen LogP contribution in [0.1, 0.15) is 58.8 Å². The van der Waals surface area contributed by atoms with E-state index in [0.717, 1.165) is 32.1 Å². The molecule has 0 aromatic carbocycles. The van der Waals surface area contributed by atoms with Gasteiger partial charge < -0.3 is 4.74 Å². The molecular formula is C21H28O3. The Hall–Kier alpha value is -0.960. The molecule has 4 saturated carbocycles. The second-order valence-corrected chi connectivity index (χ2v) is 9.59. The van der Waals surface area contributed by atoms with E-state index >= 15 is 0 Å². The Labute approximate surface area is 144 Å². The molecule has 8 atom stereocenters. The predicted octanol–water partition coefficient (Wildman–Crippen LogP) is 3.71. The van der Waals surface area contributed by atoms with Crippen molar-refractivity contribution < 1.29 is 14.3 Å². The number of carbonyl (C=O) groups is 2. The van der Waals surface area contributed by atoms with Crippen LogP contribution in [0.25, 0.3) is 0 Å². The smallest absolute Gasteiger partial charge is 0.164 e. The minimum Gasteiger partial charge on any atom is -0.357 e. The van der Waals surface area contributed by atoms with Crippen LogP contribution in [0, 0.1) is 34.5 Å². The Bertz CT molecular complexity index is 653. The van der Waals surface area contributed by atoms with E-state index in [2.05, 4.69) is 20.4 Å². The molecule has 0 amide bonds. The van der Waals surface area contributed by atoms with Crippen LogP contribution in [-0.4, -0.2) is 23.3 Å². The minimum absolute atomic E-state index is 0.118. The molecule has 24 heavy (non-hydrogen) atoms. The lowest BCUT2D eigenvalue weighted by atomic mass is 9.44. The lowest BCUT2D eigenvalue weighted by molar-refractivity contribution is -0.141. The maximum absolute atomic E-state index is 12.7. The SMILES string of the molecule is C=CC1CC(=O)[C@@]2(C)CC[C@@H]3[C@@H](CCC45OC4C(=O)CC[C@]35C)[C@H]12. The minimum atomic E-state index is -0.163. The zero-order valence-electron chi connectivity index (χ0n) is 14.8. The van der Waals surface area contributed by atoms with Crippen LogP contribution in [-0.2, 0) is 14.3 Å². The molecule has 0 bridgehead atoms. The highest BCUT2D eigenvalue weighted by atomic mass is 16.6. The molecule has 3 unspecified atom stereocenters. The zero-order valence-corrected chi connectivity index (χ0v) is 14.8. The maximum atomic E-state index is 12.7. The van der Waals surface area contributed by atoms with E-state index in [9.17, 15) is 9.59 Å². The molecule has 1 aliphatic heterocycles. The Morgan fingerprint density at radius 2 is 1.96 bits per heavy atom. The van der Waals surface area contributed by atoms with Crippen LogP contribution in [0.4, 0.5) is 0 Å². The normalized spacial score (nSPS) is 58.3. The first-order valence-corrected chi connectivity index (χ1v) is 9.74. The summed E-state index contributed by atoms with van der Waals surface area (Å²) in [6, 6.07) is 0. The average Bonchev–Trinajstić information content (AvgIpc) is 3.25. The third-order valence-electron chi connectivity index (χ3n) is 9.02. The van der Waals surface area contributed by atoms with Gasteiger partial charge in [-0.1, -0.05) is 19.9 Å². The molecule has 0 radical (unpaired) electrons. The molecule has 0 aromatic rings. The van der Waals surface area contributed by atoms with Crippen molar-refractivity contribution in [3.63, 3.8) is 0 Å². The van der Waals surface area contributed by atoms with Crippen molar-refractivity contribution in [3.05, 3.63) is 12.7 Å². The van der Waals surface area contributed by atoms with Gasteiger partial charge in [0.2, 0.25) is 0 Å². The van der Waals surface area contributed by atoms with Gasteiger partial charge in [-0.15, -0.1) is 6.58 Å². The fraction of sp³-hybridized carbons (Fsp3) is 0.810. The number of carbonyl (C=O) groups excluding carboxylic acids is 2. The number of hydrogen-bond acceptors (Lipinski definition) is 3. The lowest BCUT2D eigenvalue weighted by Crippen LogP contribution is -2.58. The van der Waals surface area contributed by atoms with Gasteiger partial charge >= 0.3 is 0 Å². The number of hydrogen-bond donors (Lipinski definition) is 0. The number of fused-ring (bicyclic) bond motifs is 4. The van der Waals surface area contributed by atoms with E-state index < -0.39 is 0 Å². The standard InChI is InChI=1S/C21H28O3/c1-4-12-11-16(23)19(2)8-6-14-13(17(12)19)5-10-21-18(24-21)15(22)7-9-20(14,21)3/h4,12-14,17-18H,1,5-11H2,2-3H3/t12?,13-,14-,17+,18?,19-,20-,21?/m1/s1. The van der Waals surface area contributed by atoms with Crippen LogP contribution in [0.5, 0.6) is 0 Å². The number of ether oxygens (including phenoxy) is 1. The maximum Gasteiger partial charge on any atom is 0.164 e. The first kappa shape index (κ1) is 15.3. The first-order valence-electron chi connectivity index (χ1n) is 9.74. The van der Waals surface area contributed by atoms with Crippen LogP contribution in [0.2, 0.25) is 0 Å². The largest absolute Gasteiger partial charge is 0.357 e. The topological polar surface area (TPSA) is 46.7 Å². The second-order valence-electron chi connectivity index (χ2n) is 9.59. The number of rotatable bonds is 1. The molecule has 5 aliphatic rings. The quantitative estimate of drug-likeness (QED) is 0.544. The van der Waals surface area contributed by atoms with Crippen LogP contribution in [0.3, 0.4) is 0 Å². The summed E-state index contributed by atoms with van der Waals surface area (Å²) in [6.07, 6.45) is 8.51. The van der Waals surface area contributed by atoms with Crippen molar-refractivity contribution in [1.29, 1.82) is 0 Å². The first-order chi connectivity index (χ1) is 11.4. The second kappa shape index (κ2) is 4.41. The summed E-state index contributed by atoms with van der Waals surface area (Å²) in [4.78, 5) is 24.9. The summed E-state index contributed by atoms with van der Waals surface area (Å²) in [6.45, 7) is 8.65. The van der Waals surface area contributed by atoms with Gasteiger partial charge in [-0.2, -0.15) is 0 Å². The van der Waals surface area contributed by atoms with Crippen molar-refractivity contribution in [2.75, 3.05) is 0 Å². The summed E-state index contributed by atoms with van der Waals surface area (Å²) in [7, 11) is 0. The highest BCUT2D eigenvalue weighted by Crippen LogP contribution is 2.72. The van der Waals surface area contributed by atoms with Gasteiger partial charge in [0.05, 0.1) is 0 Å². The number of epoxide rings is 1. The molecule has 1 heterocycles. The summed E-state index contributed by atoms with van der Waals surface area (Å²) < 4.78 is 6.11. The fourth-order valence-electron chi connectivity index (χ4n) is 7.67. The number of allylic oxidation sites excluding steroid dienone is 1. The van der Waals surface area contributed by atoms with Gasteiger partial charge in [0, 0.05) is 23.7 Å². The fourth-order valence-corrected chi connectivity index (χ4v) is 7.67. The summed E-state index contributed by atoms with van der Waals surface area (Å²) in [5.41, 5.74) is -0.189. The monoisotopic (exact) mass is 328 g/mol.